The molecule has 2 bridgehead atoms. The van der Waals surface area contributed by atoms with Gasteiger partial charge in [0.2, 0.25) is 0 Å². The fourth-order valence-corrected chi connectivity index (χ4v) is 6.92. The van der Waals surface area contributed by atoms with E-state index < -0.39 is 0 Å². The van der Waals surface area contributed by atoms with Gasteiger partial charge in [-0.25, -0.2) is 9.97 Å². The summed E-state index contributed by atoms with van der Waals surface area (Å²) in [6, 6.07) is 2.94. The summed E-state index contributed by atoms with van der Waals surface area (Å²) >= 11 is 1.26. The number of hydrogen-bond donors (Lipinski definition) is 3. The largest absolute Gasteiger partial charge is 0.393 e. The third kappa shape index (κ3) is 4.33. The maximum absolute atomic E-state index is 13.7. The first-order valence-electron chi connectivity index (χ1n) is 12.9. The number of amides is 2. The number of fused-ring (bicyclic) bond motifs is 2. The van der Waals surface area contributed by atoms with Crippen molar-refractivity contribution in [2.75, 3.05) is 5.32 Å². The Kier molecular flexibility index (Phi) is 5.79. The predicted octanol–water partition coefficient (Wildman–Crippen LogP) is 3.74. The van der Waals surface area contributed by atoms with Gasteiger partial charge in [-0.1, -0.05) is 0 Å². The number of aliphatic hydroxyl groups excluding tert-OH is 1. The van der Waals surface area contributed by atoms with Gasteiger partial charge in [0.25, 0.3) is 11.8 Å². The van der Waals surface area contributed by atoms with Crippen LogP contribution in [0.4, 0.5) is 5.82 Å². The van der Waals surface area contributed by atoms with Gasteiger partial charge in [-0.05, 0) is 82.8 Å². The van der Waals surface area contributed by atoms with Crippen LogP contribution in [0.3, 0.4) is 0 Å². The molecule has 2 aromatic rings. The van der Waals surface area contributed by atoms with Gasteiger partial charge < -0.3 is 20.6 Å². The first-order valence-corrected chi connectivity index (χ1v) is 13.7. The molecule has 4 aliphatic rings. The number of hydrogen-bond acceptors (Lipinski definition) is 7. The average molecular weight is 496 g/mol. The molecule has 2 aliphatic heterocycles. The molecular weight excluding hydrogens is 462 g/mol. The number of carbonyl (C=O) groups excluding carboxylic acids is 2. The van der Waals surface area contributed by atoms with Crippen molar-refractivity contribution >= 4 is 29.0 Å². The molecule has 2 aromatic heterocycles. The Labute approximate surface area is 209 Å². The number of anilines is 1. The van der Waals surface area contributed by atoms with Crippen LogP contribution in [0.25, 0.3) is 10.4 Å². The smallest absolute Gasteiger partial charge is 0.280 e. The van der Waals surface area contributed by atoms with Crippen molar-refractivity contribution in [3.8, 4) is 10.4 Å². The van der Waals surface area contributed by atoms with Gasteiger partial charge in [0.15, 0.2) is 5.01 Å². The van der Waals surface area contributed by atoms with Gasteiger partial charge in [0.05, 0.1) is 11.0 Å². The van der Waals surface area contributed by atoms with Crippen molar-refractivity contribution in [1.29, 1.82) is 0 Å². The minimum atomic E-state index is -0.349. The van der Waals surface area contributed by atoms with E-state index >= 15 is 0 Å². The minimum Gasteiger partial charge on any atom is -0.393 e. The zero-order chi connectivity index (χ0) is 24.3. The molecule has 6 rings (SSSR count). The lowest BCUT2D eigenvalue weighted by molar-refractivity contribution is 0.0562. The SMILES string of the molecule is Cc1cc(N[C@H](C)C2CC2)ncc1-c1sc(C(=O)NC2CC(O)C2)nc1C(=O)N1C2CCC1CC2. The molecule has 4 heterocycles. The number of rotatable bonds is 7. The third-order valence-electron chi connectivity index (χ3n) is 8.22. The Morgan fingerprint density at radius 2 is 1.83 bits per heavy atom. The molecule has 3 N–H and O–H groups in total. The zero-order valence-corrected chi connectivity index (χ0v) is 21.1. The first-order chi connectivity index (χ1) is 16.9. The van der Waals surface area contributed by atoms with Gasteiger partial charge >= 0.3 is 0 Å². The van der Waals surface area contributed by atoms with E-state index in [-0.39, 0.29) is 36.0 Å². The Hall–Kier alpha value is -2.52. The molecule has 2 saturated carbocycles. The van der Waals surface area contributed by atoms with E-state index in [0.29, 0.717) is 34.5 Å². The number of aromatic nitrogens is 2. The van der Waals surface area contributed by atoms with Crippen LogP contribution in [0.2, 0.25) is 0 Å². The van der Waals surface area contributed by atoms with E-state index in [4.69, 9.17) is 0 Å². The van der Waals surface area contributed by atoms with Crippen LogP contribution < -0.4 is 10.6 Å². The number of nitrogens with zero attached hydrogens (tertiary/aromatic N) is 3. The van der Waals surface area contributed by atoms with Crippen molar-refractivity contribution in [3.05, 3.63) is 28.5 Å². The van der Waals surface area contributed by atoms with Crippen molar-refractivity contribution < 1.29 is 14.7 Å². The van der Waals surface area contributed by atoms with Crippen molar-refractivity contribution in [3.63, 3.8) is 0 Å². The van der Waals surface area contributed by atoms with E-state index in [9.17, 15) is 14.7 Å². The van der Waals surface area contributed by atoms with Crippen LogP contribution in [-0.2, 0) is 0 Å². The highest BCUT2D eigenvalue weighted by Gasteiger charge is 2.44. The molecule has 1 atom stereocenters. The number of thiazole rings is 1. The van der Waals surface area contributed by atoms with Crippen LogP contribution in [0, 0.1) is 12.8 Å². The van der Waals surface area contributed by atoms with Gasteiger partial charge in [0, 0.05) is 35.9 Å². The van der Waals surface area contributed by atoms with Crippen LogP contribution in [0.5, 0.6) is 0 Å². The molecule has 0 radical (unpaired) electrons. The highest BCUT2D eigenvalue weighted by atomic mass is 32.1. The van der Waals surface area contributed by atoms with Gasteiger partial charge in [-0.2, -0.15) is 0 Å². The molecule has 2 amide bonds. The van der Waals surface area contributed by atoms with E-state index in [2.05, 4.69) is 27.5 Å². The van der Waals surface area contributed by atoms with Crippen molar-refractivity contribution in [1.82, 2.24) is 20.2 Å². The zero-order valence-electron chi connectivity index (χ0n) is 20.3. The lowest BCUT2D eigenvalue weighted by atomic mass is 9.89. The average Bonchev–Trinajstić information content (AvgIpc) is 3.29. The van der Waals surface area contributed by atoms with E-state index in [1.807, 2.05) is 24.1 Å². The Morgan fingerprint density at radius 3 is 2.43 bits per heavy atom. The van der Waals surface area contributed by atoms with Crippen LogP contribution in [0.15, 0.2) is 12.3 Å². The second-order valence-electron chi connectivity index (χ2n) is 10.8. The van der Waals surface area contributed by atoms with Gasteiger partial charge in [0.1, 0.15) is 11.5 Å². The lowest BCUT2D eigenvalue weighted by Gasteiger charge is -2.31. The van der Waals surface area contributed by atoms with Gasteiger partial charge in [-0.3, -0.25) is 9.59 Å². The minimum absolute atomic E-state index is 0.0411. The second-order valence-corrected chi connectivity index (χ2v) is 11.8. The summed E-state index contributed by atoms with van der Waals surface area (Å²) in [6.45, 7) is 4.21. The lowest BCUT2D eigenvalue weighted by Crippen LogP contribution is -2.46. The summed E-state index contributed by atoms with van der Waals surface area (Å²) in [6.07, 6.45) is 9.30. The van der Waals surface area contributed by atoms with E-state index in [1.165, 1.54) is 24.2 Å². The second kappa shape index (κ2) is 8.85. The van der Waals surface area contributed by atoms with Crippen LogP contribution >= 0.6 is 11.3 Å². The molecular formula is C26H33N5O3S. The molecule has 4 fully saturated rings. The normalized spacial score (nSPS) is 28.0. The Bertz CT molecular complexity index is 1140. The number of pyridine rings is 1. The monoisotopic (exact) mass is 495 g/mol. The summed E-state index contributed by atoms with van der Waals surface area (Å²) in [5.41, 5.74) is 2.21. The molecule has 9 heteroatoms. The molecule has 8 nitrogen and oxygen atoms in total. The molecule has 0 aromatic carbocycles. The van der Waals surface area contributed by atoms with E-state index in [0.717, 1.165) is 48.5 Å². The number of carbonyl (C=O) groups is 2. The highest BCUT2D eigenvalue weighted by Crippen LogP contribution is 2.41. The summed E-state index contributed by atoms with van der Waals surface area (Å²) in [4.78, 5) is 38.7. The quantitative estimate of drug-likeness (QED) is 0.540. The first kappa shape index (κ1) is 22.9. The number of nitrogens with one attached hydrogen (secondary N) is 2. The number of aryl methyl sites for hydroxylation is 1. The Balaban J connectivity index is 1.31. The summed E-state index contributed by atoms with van der Waals surface area (Å²) in [7, 11) is 0. The summed E-state index contributed by atoms with van der Waals surface area (Å²) < 4.78 is 0. The van der Waals surface area contributed by atoms with Crippen molar-refractivity contribution in [2.24, 2.45) is 5.92 Å². The molecule has 2 aliphatic carbocycles. The maximum atomic E-state index is 13.7. The third-order valence-corrected chi connectivity index (χ3v) is 9.31. The summed E-state index contributed by atoms with van der Waals surface area (Å²) in [5, 5.41) is 16.3. The Morgan fingerprint density at radius 1 is 1.14 bits per heavy atom. The predicted molar refractivity (Wildman–Crippen MR) is 135 cm³/mol. The fourth-order valence-electron chi connectivity index (χ4n) is 5.88. The topological polar surface area (TPSA) is 107 Å². The van der Waals surface area contributed by atoms with Gasteiger partial charge in [-0.15, -0.1) is 11.3 Å². The molecule has 35 heavy (non-hydrogen) atoms. The standard InChI is InChI=1S/C26H33N5O3S/c1-13-9-21(28-14(2)15-3-4-15)27-12-20(13)23-22(26(34)31-17-5-6-18(31)8-7-17)30-25(35-23)24(33)29-16-10-19(32)11-16/h9,12,14-19,32H,3-8,10-11H2,1-2H3,(H,27,28)(H,29,33)/t14-,16?,17?,18?,19?/m1/s1. The fraction of sp³-hybridized carbons (Fsp3) is 0.615. The number of aliphatic hydroxyl groups is 1. The molecule has 0 unspecified atom stereocenters. The van der Waals surface area contributed by atoms with Crippen molar-refractivity contribution in [2.45, 2.75) is 95.5 Å². The van der Waals surface area contributed by atoms with Crippen LogP contribution in [-0.4, -0.2) is 62.1 Å². The maximum Gasteiger partial charge on any atom is 0.280 e. The highest BCUT2D eigenvalue weighted by molar-refractivity contribution is 7.17. The molecule has 0 spiro atoms. The molecule has 2 saturated heterocycles. The van der Waals surface area contributed by atoms with Crippen LogP contribution in [0.1, 0.15) is 84.1 Å². The molecule has 186 valence electrons. The van der Waals surface area contributed by atoms with E-state index in [1.54, 1.807) is 0 Å². The summed E-state index contributed by atoms with van der Waals surface area (Å²) in [5.74, 6) is 1.21.